The van der Waals surface area contributed by atoms with Crippen LogP contribution in [0.25, 0.3) is 0 Å². The van der Waals surface area contributed by atoms with Crippen LogP contribution in [0.5, 0.6) is 0 Å². The van der Waals surface area contributed by atoms with Crippen LogP contribution in [0.4, 0.5) is 11.4 Å². The Morgan fingerprint density at radius 1 is 1.10 bits per heavy atom. The van der Waals surface area contributed by atoms with E-state index in [9.17, 15) is 19.7 Å². The van der Waals surface area contributed by atoms with Gasteiger partial charge in [-0.05, 0) is 68.0 Å². The van der Waals surface area contributed by atoms with Gasteiger partial charge in [0.05, 0.1) is 15.5 Å². The minimum Gasteiger partial charge on any atom is -0.352 e. The van der Waals surface area contributed by atoms with E-state index in [-0.39, 0.29) is 22.2 Å². The minimum atomic E-state index is -0.532. The lowest BCUT2D eigenvalue weighted by Gasteiger charge is -2.28. The molecule has 0 spiro atoms. The number of non-ortho nitro benzene ring substituents is 1. The maximum atomic E-state index is 12.5. The second-order valence-electron chi connectivity index (χ2n) is 7.80. The molecule has 0 saturated heterocycles. The largest absolute Gasteiger partial charge is 0.352 e. The number of hydrogen-bond donors (Lipinski definition) is 3. The first-order valence-corrected chi connectivity index (χ1v) is 10.6. The number of nitrogens with one attached hydrogen (secondary N) is 2. The molecule has 0 aliphatic heterocycles. The van der Waals surface area contributed by atoms with Gasteiger partial charge in [0.15, 0.2) is 0 Å². The Kier molecular flexibility index (Phi) is 7.59. The third-order valence-electron chi connectivity index (χ3n) is 5.59. The second-order valence-corrected chi connectivity index (χ2v) is 8.20. The van der Waals surface area contributed by atoms with Crippen LogP contribution in [-0.4, -0.2) is 29.8 Å². The highest BCUT2D eigenvalue weighted by molar-refractivity contribution is 6.34. The minimum absolute atomic E-state index is 0.0956. The van der Waals surface area contributed by atoms with Gasteiger partial charge in [-0.1, -0.05) is 18.0 Å². The van der Waals surface area contributed by atoms with E-state index in [0.717, 1.165) is 25.7 Å². The maximum absolute atomic E-state index is 12.5. The molecule has 2 atom stereocenters. The van der Waals surface area contributed by atoms with E-state index in [1.807, 2.05) is 0 Å². The van der Waals surface area contributed by atoms with Crippen molar-refractivity contribution < 1.29 is 14.5 Å². The second kappa shape index (κ2) is 10.4. The molecule has 2 unspecified atom stereocenters. The predicted molar refractivity (Wildman–Crippen MR) is 119 cm³/mol. The molecular formula is C22H25ClN4O4. The fourth-order valence-corrected chi connectivity index (χ4v) is 4.12. The van der Waals surface area contributed by atoms with Gasteiger partial charge in [0.1, 0.15) is 0 Å². The van der Waals surface area contributed by atoms with Gasteiger partial charge < -0.3 is 16.4 Å². The Morgan fingerprint density at radius 3 is 2.45 bits per heavy atom. The summed E-state index contributed by atoms with van der Waals surface area (Å²) in [6, 6.07) is 9.93. The molecule has 0 aromatic heterocycles. The summed E-state index contributed by atoms with van der Waals surface area (Å²) in [5.74, 6) is 0.256. The fourth-order valence-electron chi connectivity index (χ4n) is 3.85. The van der Waals surface area contributed by atoms with Crippen molar-refractivity contribution in [3.8, 4) is 0 Å². The highest BCUT2D eigenvalue weighted by atomic mass is 35.5. The van der Waals surface area contributed by atoms with Crippen molar-refractivity contribution in [2.75, 3.05) is 18.4 Å². The van der Waals surface area contributed by atoms with Crippen molar-refractivity contribution in [1.82, 2.24) is 5.32 Å². The molecular weight excluding hydrogens is 420 g/mol. The zero-order valence-electron chi connectivity index (χ0n) is 17.0. The van der Waals surface area contributed by atoms with Gasteiger partial charge in [-0.2, -0.15) is 0 Å². The van der Waals surface area contributed by atoms with Crippen LogP contribution in [0, 0.1) is 22.0 Å². The number of hydrogen-bond acceptors (Lipinski definition) is 5. The summed E-state index contributed by atoms with van der Waals surface area (Å²) in [5, 5.41) is 16.6. The summed E-state index contributed by atoms with van der Waals surface area (Å²) in [7, 11) is 0. The van der Waals surface area contributed by atoms with Gasteiger partial charge in [0.25, 0.3) is 17.5 Å². The SMILES string of the molecule is NCC1CCCC(CNC(=O)c2ccc(NC(=O)c3ccc([N+](=O)[O-])cc3)cc2Cl)C1. The number of benzene rings is 2. The molecule has 0 bridgehead atoms. The average molecular weight is 445 g/mol. The van der Waals surface area contributed by atoms with Crippen LogP contribution in [0.15, 0.2) is 42.5 Å². The first-order chi connectivity index (χ1) is 14.9. The standard InChI is InChI=1S/C22H25ClN4O4/c23-20-11-17(26-21(28)16-4-7-18(8-5-16)27(30)31)6-9-19(20)22(29)25-13-15-3-1-2-14(10-15)12-24/h4-9,11,14-15H,1-3,10,12-13,24H2,(H,25,29)(H,26,28). The third kappa shape index (κ3) is 6.02. The van der Waals surface area contributed by atoms with E-state index < -0.39 is 10.8 Å². The van der Waals surface area contributed by atoms with Gasteiger partial charge in [-0.3, -0.25) is 19.7 Å². The molecule has 3 rings (SSSR count). The summed E-state index contributed by atoms with van der Waals surface area (Å²) in [5.41, 5.74) is 6.70. The van der Waals surface area contributed by atoms with Crippen LogP contribution >= 0.6 is 11.6 Å². The van der Waals surface area contributed by atoms with E-state index in [2.05, 4.69) is 10.6 Å². The summed E-state index contributed by atoms with van der Waals surface area (Å²) in [6.45, 7) is 1.27. The number of nitrogens with zero attached hydrogens (tertiary/aromatic N) is 1. The maximum Gasteiger partial charge on any atom is 0.269 e. The Bertz CT molecular complexity index is 964. The molecule has 164 valence electrons. The quantitative estimate of drug-likeness (QED) is 0.439. The smallest absolute Gasteiger partial charge is 0.269 e. The topological polar surface area (TPSA) is 127 Å². The number of amides is 2. The molecule has 9 heteroatoms. The predicted octanol–water partition coefficient (Wildman–Crippen LogP) is 4.00. The van der Waals surface area contributed by atoms with Crippen molar-refractivity contribution in [3.05, 3.63) is 68.7 Å². The van der Waals surface area contributed by atoms with Gasteiger partial charge >= 0.3 is 0 Å². The van der Waals surface area contributed by atoms with Crippen LogP contribution in [0.2, 0.25) is 5.02 Å². The van der Waals surface area contributed by atoms with Gasteiger partial charge in [-0.25, -0.2) is 0 Å². The van der Waals surface area contributed by atoms with Gasteiger partial charge in [0.2, 0.25) is 0 Å². The number of halogens is 1. The molecule has 1 saturated carbocycles. The number of nitro benzene ring substituents is 1. The normalized spacial score (nSPS) is 18.3. The molecule has 4 N–H and O–H groups in total. The highest BCUT2D eigenvalue weighted by Crippen LogP contribution is 2.28. The van der Waals surface area contributed by atoms with E-state index >= 15 is 0 Å². The van der Waals surface area contributed by atoms with Crippen molar-refractivity contribution >= 4 is 34.8 Å². The van der Waals surface area contributed by atoms with E-state index in [1.54, 1.807) is 12.1 Å². The van der Waals surface area contributed by atoms with E-state index in [0.29, 0.717) is 36.2 Å². The van der Waals surface area contributed by atoms with Crippen molar-refractivity contribution in [1.29, 1.82) is 0 Å². The zero-order chi connectivity index (χ0) is 22.4. The molecule has 2 amide bonds. The number of nitro groups is 1. The molecule has 1 aliphatic carbocycles. The number of carbonyl (C=O) groups excluding carboxylic acids is 2. The zero-order valence-corrected chi connectivity index (χ0v) is 17.7. The summed E-state index contributed by atoms with van der Waals surface area (Å²) >= 11 is 6.27. The molecule has 0 radical (unpaired) electrons. The Balaban J connectivity index is 1.58. The average Bonchev–Trinajstić information content (AvgIpc) is 2.77. The lowest BCUT2D eigenvalue weighted by Crippen LogP contribution is -2.33. The van der Waals surface area contributed by atoms with Crippen molar-refractivity contribution in [2.45, 2.75) is 25.7 Å². The number of carbonyl (C=O) groups is 2. The van der Waals surface area contributed by atoms with Crippen LogP contribution in [0.1, 0.15) is 46.4 Å². The van der Waals surface area contributed by atoms with Crippen molar-refractivity contribution in [2.24, 2.45) is 17.6 Å². The first kappa shape index (κ1) is 22.7. The summed E-state index contributed by atoms with van der Waals surface area (Å²) in [6.07, 6.45) is 4.39. The molecule has 1 aliphatic rings. The Labute approximate surface area is 185 Å². The third-order valence-corrected chi connectivity index (χ3v) is 5.90. The molecule has 31 heavy (non-hydrogen) atoms. The van der Waals surface area contributed by atoms with Crippen LogP contribution in [-0.2, 0) is 0 Å². The molecule has 2 aromatic rings. The van der Waals surface area contributed by atoms with E-state index in [4.69, 9.17) is 17.3 Å². The van der Waals surface area contributed by atoms with Crippen molar-refractivity contribution in [3.63, 3.8) is 0 Å². The van der Waals surface area contributed by atoms with E-state index in [1.165, 1.54) is 30.3 Å². The lowest BCUT2D eigenvalue weighted by atomic mass is 9.81. The highest BCUT2D eigenvalue weighted by Gasteiger charge is 2.22. The molecule has 2 aromatic carbocycles. The molecule has 8 nitrogen and oxygen atoms in total. The van der Waals surface area contributed by atoms with Crippen LogP contribution in [0.3, 0.4) is 0 Å². The van der Waals surface area contributed by atoms with Crippen LogP contribution < -0.4 is 16.4 Å². The lowest BCUT2D eigenvalue weighted by molar-refractivity contribution is -0.384. The summed E-state index contributed by atoms with van der Waals surface area (Å²) in [4.78, 5) is 35.1. The summed E-state index contributed by atoms with van der Waals surface area (Å²) < 4.78 is 0. The molecule has 0 heterocycles. The van der Waals surface area contributed by atoms with Gasteiger partial charge in [0, 0.05) is 29.9 Å². The van der Waals surface area contributed by atoms with Gasteiger partial charge in [-0.15, -0.1) is 0 Å². The first-order valence-electron chi connectivity index (χ1n) is 10.2. The molecule has 1 fully saturated rings. The Hall–Kier alpha value is -2.97. The monoisotopic (exact) mass is 444 g/mol. The fraction of sp³-hybridized carbons (Fsp3) is 0.364. The number of anilines is 1. The number of nitrogens with two attached hydrogens (primary N) is 1. The number of rotatable bonds is 7. The Morgan fingerprint density at radius 2 is 1.81 bits per heavy atom.